The standard InChI is InChI=1S/C16H12BrFN2/c17-12-4-5-15-11(8-12)6-7-16(15,10-19)20-14-3-1-2-13(18)9-14/h1-5,8-9,20H,6-7H2. The van der Waals surface area contributed by atoms with Crippen molar-refractivity contribution in [1.29, 1.82) is 5.26 Å². The van der Waals surface area contributed by atoms with E-state index >= 15 is 0 Å². The van der Waals surface area contributed by atoms with Gasteiger partial charge in [-0.3, -0.25) is 0 Å². The molecule has 0 radical (unpaired) electrons. The third kappa shape index (κ3) is 2.19. The van der Waals surface area contributed by atoms with Crippen LogP contribution in [0.25, 0.3) is 0 Å². The topological polar surface area (TPSA) is 35.8 Å². The van der Waals surface area contributed by atoms with E-state index in [4.69, 9.17) is 0 Å². The lowest BCUT2D eigenvalue weighted by molar-refractivity contribution is 0.612. The molecule has 0 amide bonds. The molecule has 1 atom stereocenters. The average Bonchev–Trinajstić information content (AvgIpc) is 2.77. The second-order valence-electron chi connectivity index (χ2n) is 4.95. The number of anilines is 1. The van der Waals surface area contributed by atoms with Crippen LogP contribution in [-0.2, 0) is 12.0 Å². The molecule has 0 aliphatic heterocycles. The van der Waals surface area contributed by atoms with E-state index in [1.165, 1.54) is 12.1 Å². The van der Waals surface area contributed by atoms with Crippen molar-refractivity contribution in [2.45, 2.75) is 18.4 Å². The molecule has 1 unspecified atom stereocenters. The average molecular weight is 331 g/mol. The predicted octanol–water partition coefficient (Wildman–Crippen LogP) is 4.37. The third-order valence-electron chi connectivity index (χ3n) is 3.67. The normalized spacial score (nSPS) is 20.2. The zero-order valence-electron chi connectivity index (χ0n) is 10.7. The number of nitriles is 1. The van der Waals surface area contributed by atoms with Gasteiger partial charge < -0.3 is 5.32 Å². The molecule has 0 fully saturated rings. The van der Waals surface area contributed by atoms with Crippen molar-refractivity contribution in [1.82, 2.24) is 0 Å². The van der Waals surface area contributed by atoms with Crippen molar-refractivity contribution in [3.05, 3.63) is 63.9 Å². The molecule has 2 aromatic carbocycles. The molecule has 4 heteroatoms. The maximum atomic E-state index is 13.3. The first-order valence-corrected chi connectivity index (χ1v) is 7.16. The van der Waals surface area contributed by atoms with Gasteiger partial charge in [-0.15, -0.1) is 0 Å². The van der Waals surface area contributed by atoms with Crippen LogP contribution in [0.2, 0.25) is 0 Å². The molecule has 1 aliphatic rings. The number of aryl methyl sites for hydroxylation is 1. The first-order valence-electron chi connectivity index (χ1n) is 6.37. The Hall–Kier alpha value is -1.86. The molecule has 0 bridgehead atoms. The van der Waals surface area contributed by atoms with Gasteiger partial charge in [0.2, 0.25) is 0 Å². The summed E-state index contributed by atoms with van der Waals surface area (Å²) in [6, 6.07) is 14.5. The van der Waals surface area contributed by atoms with Crippen LogP contribution in [0.1, 0.15) is 17.5 Å². The summed E-state index contributed by atoms with van der Waals surface area (Å²) in [6.07, 6.45) is 1.52. The van der Waals surface area contributed by atoms with Crippen LogP contribution < -0.4 is 5.32 Å². The van der Waals surface area contributed by atoms with Crippen molar-refractivity contribution in [3.63, 3.8) is 0 Å². The number of nitrogens with zero attached hydrogens (tertiary/aromatic N) is 1. The molecular formula is C16H12BrFN2. The van der Waals surface area contributed by atoms with Gasteiger partial charge in [0.1, 0.15) is 5.82 Å². The summed E-state index contributed by atoms with van der Waals surface area (Å²) < 4.78 is 14.3. The second-order valence-corrected chi connectivity index (χ2v) is 5.87. The van der Waals surface area contributed by atoms with Crippen molar-refractivity contribution in [2.75, 3.05) is 5.32 Å². The summed E-state index contributed by atoms with van der Waals surface area (Å²) in [7, 11) is 0. The van der Waals surface area contributed by atoms with Crippen LogP contribution in [0.4, 0.5) is 10.1 Å². The van der Waals surface area contributed by atoms with Gasteiger partial charge in [0.05, 0.1) is 6.07 Å². The minimum absolute atomic E-state index is 0.308. The van der Waals surface area contributed by atoms with Crippen LogP contribution in [0.5, 0.6) is 0 Å². The number of benzene rings is 2. The highest BCUT2D eigenvalue weighted by molar-refractivity contribution is 9.10. The zero-order chi connectivity index (χ0) is 14.2. The van der Waals surface area contributed by atoms with Crippen molar-refractivity contribution in [2.24, 2.45) is 0 Å². The highest BCUT2D eigenvalue weighted by atomic mass is 79.9. The van der Waals surface area contributed by atoms with E-state index in [0.717, 1.165) is 22.0 Å². The summed E-state index contributed by atoms with van der Waals surface area (Å²) >= 11 is 3.45. The summed E-state index contributed by atoms with van der Waals surface area (Å²) in [4.78, 5) is 0. The smallest absolute Gasteiger partial charge is 0.151 e. The Bertz CT molecular complexity index is 708. The predicted molar refractivity (Wildman–Crippen MR) is 79.8 cm³/mol. The van der Waals surface area contributed by atoms with E-state index in [2.05, 4.69) is 27.3 Å². The number of halogens is 2. The van der Waals surface area contributed by atoms with Crippen molar-refractivity contribution >= 4 is 21.6 Å². The first kappa shape index (κ1) is 13.1. The summed E-state index contributed by atoms with van der Waals surface area (Å²) in [5.74, 6) is -0.308. The fraction of sp³-hybridized carbons (Fsp3) is 0.188. The molecule has 1 N–H and O–H groups in total. The number of rotatable bonds is 2. The van der Waals surface area contributed by atoms with Crippen molar-refractivity contribution < 1.29 is 4.39 Å². The van der Waals surface area contributed by atoms with E-state index in [1.807, 2.05) is 18.2 Å². The van der Waals surface area contributed by atoms with Gasteiger partial charge in [-0.25, -0.2) is 4.39 Å². The van der Waals surface area contributed by atoms with Gasteiger partial charge in [-0.05, 0) is 54.3 Å². The van der Waals surface area contributed by atoms with Crippen LogP contribution in [0, 0.1) is 17.1 Å². The van der Waals surface area contributed by atoms with E-state index < -0.39 is 5.54 Å². The quantitative estimate of drug-likeness (QED) is 0.887. The molecule has 2 nitrogen and oxygen atoms in total. The highest BCUT2D eigenvalue weighted by Crippen LogP contribution is 2.40. The second kappa shape index (κ2) is 4.92. The van der Waals surface area contributed by atoms with Crippen LogP contribution >= 0.6 is 15.9 Å². The Morgan fingerprint density at radius 2 is 2.10 bits per heavy atom. The fourth-order valence-electron chi connectivity index (χ4n) is 2.73. The minimum Gasteiger partial charge on any atom is -0.364 e. The lowest BCUT2D eigenvalue weighted by Gasteiger charge is -2.25. The molecule has 0 aromatic heterocycles. The summed E-state index contributed by atoms with van der Waals surface area (Å²) in [6.45, 7) is 0. The number of nitrogens with one attached hydrogen (secondary N) is 1. The Balaban J connectivity index is 2.01. The van der Waals surface area contributed by atoms with Crippen LogP contribution in [-0.4, -0.2) is 0 Å². The number of hydrogen-bond acceptors (Lipinski definition) is 2. The molecule has 0 spiro atoms. The monoisotopic (exact) mass is 330 g/mol. The van der Waals surface area contributed by atoms with Gasteiger partial charge in [-0.2, -0.15) is 5.26 Å². The van der Waals surface area contributed by atoms with Gasteiger partial charge in [0.25, 0.3) is 0 Å². The van der Waals surface area contributed by atoms with Gasteiger partial charge in [-0.1, -0.05) is 28.1 Å². The first-order chi connectivity index (χ1) is 9.63. The molecule has 0 heterocycles. The maximum Gasteiger partial charge on any atom is 0.151 e. The zero-order valence-corrected chi connectivity index (χ0v) is 12.2. The van der Waals surface area contributed by atoms with Gasteiger partial charge in [0, 0.05) is 10.2 Å². The highest BCUT2D eigenvalue weighted by Gasteiger charge is 2.39. The van der Waals surface area contributed by atoms with E-state index in [9.17, 15) is 9.65 Å². The molecule has 20 heavy (non-hydrogen) atoms. The lowest BCUT2D eigenvalue weighted by Crippen LogP contribution is -2.31. The molecule has 100 valence electrons. The Morgan fingerprint density at radius 3 is 2.85 bits per heavy atom. The Morgan fingerprint density at radius 1 is 1.25 bits per heavy atom. The largest absolute Gasteiger partial charge is 0.364 e. The van der Waals surface area contributed by atoms with E-state index in [1.54, 1.807) is 12.1 Å². The van der Waals surface area contributed by atoms with Gasteiger partial charge in [0.15, 0.2) is 5.54 Å². The molecule has 2 aromatic rings. The molecular weight excluding hydrogens is 319 g/mol. The summed E-state index contributed by atoms with van der Waals surface area (Å²) in [5.41, 5.74) is 1.99. The van der Waals surface area contributed by atoms with Crippen molar-refractivity contribution in [3.8, 4) is 6.07 Å². The van der Waals surface area contributed by atoms with E-state index in [0.29, 0.717) is 12.1 Å². The maximum absolute atomic E-state index is 13.3. The lowest BCUT2D eigenvalue weighted by atomic mass is 9.93. The molecule has 0 saturated heterocycles. The molecule has 3 rings (SSSR count). The minimum atomic E-state index is -0.774. The molecule has 0 saturated carbocycles. The van der Waals surface area contributed by atoms with Gasteiger partial charge >= 0.3 is 0 Å². The van der Waals surface area contributed by atoms with E-state index in [-0.39, 0.29) is 5.82 Å². The molecule has 1 aliphatic carbocycles. The Labute approximate surface area is 125 Å². The van der Waals surface area contributed by atoms with Crippen LogP contribution in [0.15, 0.2) is 46.9 Å². The summed E-state index contributed by atoms with van der Waals surface area (Å²) in [5, 5.41) is 12.8. The fourth-order valence-corrected chi connectivity index (χ4v) is 3.14. The third-order valence-corrected chi connectivity index (χ3v) is 4.16. The van der Waals surface area contributed by atoms with Crippen LogP contribution in [0.3, 0.4) is 0 Å². The SMILES string of the molecule is N#CC1(Nc2cccc(F)c2)CCc2cc(Br)ccc21. The number of hydrogen-bond donors (Lipinski definition) is 1. The Kier molecular flexibility index (Phi) is 3.23. The number of fused-ring (bicyclic) bond motifs is 1.